The van der Waals surface area contributed by atoms with Gasteiger partial charge >= 0.3 is 0 Å². The van der Waals surface area contributed by atoms with E-state index >= 15 is 0 Å². The van der Waals surface area contributed by atoms with E-state index < -0.39 is 0 Å². The summed E-state index contributed by atoms with van der Waals surface area (Å²) in [7, 11) is 0. The van der Waals surface area contributed by atoms with Crippen LogP contribution in [0.25, 0.3) is 100.0 Å². The molecule has 0 amide bonds. The van der Waals surface area contributed by atoms with Crippen molar-refractivity contribution in [3.63, 3.8) is 0 Å². The highest BCUT2D eigenvalue weighted by Crippen LogP contribution is 2.43. The molecule has 0 aliphatic rings. The predicted octanol–water partition coefficient (Wildman–Crippen LogP) is 12.9. The topological polar surface area (TPSA) is 51.8 Å². The maximum Gasteiger partial charge on any atom is 0.143 e. The normalized spacial score (nSPS) is 11.4. The fourth-order valence-corrected chi connectivity index (χ4v) is 7.41. The van der Waals surface area contributed by atoms with Crippen molar-refractivity contribution < 1.29 is 4.42 Å². The summed E-state index contributed by atoms with van der Waals surface area (Å²) in [4.78, 5) is 14.1. The third-order valence-corrected chi connectivity index (χ3v) is 9.99. The summed E-state index contributed by atoms with van der Waals surface area (Å²) in [5.74, 6) is 0. The van der Waals surface area contributed by atoms with Crippen LogP contribution in [-0.2, 0) is 0 Å². The van der Waals surface area contributed by atoms with Gasteiger partial charge in [0.15, 0.2) is 0 Å². The Balaban J connectivity index is 1.08. The highest BCUT2D eigenvalue weighted by molar-refractivity contribution is 6.20. The molecule has 10 rings (SSSR count). The lowest BCUT2D eigenvalue weighted by Crippen LogP contribution is -1.93. The molecule has 0 aliphatic heterocycles. The van der Waals surface area contributed by atoms with Gasteiger partial charge in [0.1, 0.15) is 11.2 Å². The Morgan fingerprint density at radius 3 is 1.58 bits per heavy atom. The van der Waals surface area contributed by atoms with Crippen molar-refractivity contribution in [2.24, 2.45) is 0 Å². The minimum absolute atomic E-state index is 0.804. The molecule has 0 saturated carbocycles. The lowest BCUT2D eigenvalue weighted by molar-refractivity contribution is 0.674. The van der Waals surface area contributed by atoms with Gasteiger partial charge in [0.25, 0.3) is 0 Å². The fraction of sp³-hybridized carbons (Fsp3) is 0. The van der Waals surface area contributed by atoms with Crippen LogP contribution in [0.15, 0.2) is 193 Å². The molecule has 0 spiro atoms. The second-order valence-electron chi connectivity index (χ2n) is 13.2. The Morgan fingerprint density at radius 2 is 0.868 bits per heavy atom. The zero-order valence-corrected chi connectivity index (χ0v) is 28.6. The summed E-state index contributed by atoms with van der Waals surface area (Å²) in [6, 6.07) is 61.4. The van der Waals surface area contributed by atoms with Gasteiger partial charge in [-0.3, -0.25) is 9.97 Å². The van der Waals surface area contributed by atoms with Crippen molar-refractivity contribution in [1.82, 2.24) is 15.0 Å². The maximum absolute atomic E-state index is 6.86. The first-order chi connectivity index (χ1) is 26.3. The van der Waals surface area contributed by atoms with Crippen LogP contribution in [0.4, 0.5) is 0 Å². The summed E-state index contributed by atoms with van der Waals surface area (Å²) in [6.07, 6.45) is 3.59. The fourth-order valence-electron chi connectivity index (χ4n) is 7.41. The molecule has 248 valence electrons. The van der Waals surface area contributed by atoms with Crippen molar-refractivity contribution in [1.29, 1.82) is 0 Å². The zero-order valence-electron chi connectivity index (χ0n) is 28.6. The van der Waals surface area contributed by atoms with E-state index in [1.54, 1.807) is 12.4 Å². The predicted molar refractivity (Wildman–Crippen MR) is 217 cm³/mol. The monoisotopic (exact) mass is 677 g/mol. The number of para-hydroxylation sites is 1. The van der Waals surface area contributed by atoms with E-state index in [0.29, 0.717) is 0 Å². The average molecular weight is 678 g/mol. The molecule has 0 fully saturated rings. The molecule has 0 N–H and O–H groups in total. The van der Waals surface area contributed by atoms with Gasteiger partial charge in [-0.15, -0.1) is 0 Å². The highest BCUT2D eigenvalue weighted by Gasteiger charge is 2.18. The van der Waals surface area contributed by atoms with E-state index in [4.69, 9.17) is 9.40 Å². The molecule has 4 nitrogen and oxygen atoms in total. The third-order valence-electron chi connectivity index (χ3n) is 9.99. The number of nitrogens with zero attached hydrogens (tertiary/aromatic N) is 3. The van der Waals surface area contributed by atoms with Crippen LogP contribution in [0.3, 0.4) is 0 Å². The highest BCUT2D eigenvalue weighted by atomic mass is 16.3. The first-order valence-electron chi connectivity index (χ1n) is 17.8. The van der Waals surface area contributed by atoms with Gasteiger partial charge in [0.2, 0.25) is 0 Å². The van der Waals surface area contributed by atoms with Crippen LogP contribution < -0.4 is 0 Å². The molecule has 0 atom stereocenters. The minimum Gasteiger partial charge on any atom is -0.455 e. The molecule has 10 aromatic rings. The quantitative estimate of drug-likeness (QED) is 0.176. The van der Waals surface area contributed by atoms with Gasteiger partial charge in [-0.1, -0.05) is 127 Å². The molecule has 4 heteroatoms. The Hall–Kier alpha value is -7.17. The Kier molecular flexibility index (Phi) is 7.43. The van der Waals surface area contributed by atoms with Crippen LogP contribution >= 0.6 is 0 Å². The Labute approximate surface area is 306 Å². The Bertz CT molecular complexity index is 2860. The summed E-state index contributed by atoms with van der Waals surface area (Å²) >= 11 is 0. The minimum atomic E-state index is 0.804. The number of pyridine rings is 3. The van der Waals surface area contributed by atoms with Gasteiger partial charge in [-0.05, 0) is 92.9 Å². The second kappa shape index (κ2) is 12.9. The van der Waals surface area contributed by atoms with Gasteiger partial charge in [-0.25, -0.2) is 4.98 Å². The average Bonchev–Trinajstić information content (AvgIpc) is 3.63. The number of rotatable bonds is 6. The van der Waals surface area contributed by atoms with Crippen molar-refractivity contribution in [2.75, 3.05) is 0 Å². The number of benzene rings is 6. The van der Waals surface area contributed by atoms with Gasteiger partial charge in [0.05, 0.1) is 22.8 Å². The first kappa shape index (κ1) is 30.6. The van der Waals surface area contributed by atoms with Crippen LogP contribution in [-0.4, -0.2) is 15.0 Å². The van der Waals surface area contributed by atoms with E-state index in [2.05, 4.69) is 149 Å². The van der Waals surface area contributed by atoms with E-state index in [1.807, 2.05) is 36.4 Å². The largest absolute Gasteiger partial charge is 0.455 e. The molecule has 0 unspecified atom stereocenters. The number of hydrogen-bond acceptors (Lipinski definition) is 4. The third kappa shape index (κ3) is 5.54. The van der Waals surface area contributed by atoms with E-state index in [1.165, 1.54) is 27.6 Å². The molecule has 6 aromatic carbocycles. The van der Waals surface area contributed by atoms with Crippen LogP contribution in [0.5, 0.6) is 0 Å². The maximum atomic E-state index is 6.86. The van der Waals surface area contributed by atoms with Crippen LogP contribution in [0.1, 0.15) is 0 Å². The molecule has 53 heavy (non-hydrogen) atoms. The SMILES string of the molecule is c1ccc(-c2cccc(-c3cc4c5cccc(-c6ccc(-c7cc(-c8ccccn8)nc(-c8ccccn8)c7)cc6)c5oc4c4ccccc34)c2)cc1. The molecule has 0 radical (unpaired) electrons. The molecular weight excluding hydrogens is 647 g/mol. The van der Waals surface area contributed by atoms with Crippen LogP contribution in [0.2, 0.25) is 0 Å². The van der Waals surface area contributed by atoms with Crippen molar-refractivity contribution in [3.8, 4) is 67.3 Å². The molecule has 0 saturated heterocycles. The lowest BCUT2D eigenvalue weighted by atomic mass is 9.93. The number of aromatic nitrogens is 3. The zero-order chi connectivity index (χ0) is 35.1. The van der Waals surface area contributed by atoms with Gasteiger partial charge < -0.3 is 4.42 Å². The first-order valence-corrected chi connectivity index (χ1v) is 17.8. The van der Waals surface area contributed by atoms with E-state index in [-0.39, 0.29) is 0 Å². The number of furan rings is 1. The lowest BCUT2D eigenvalue weighted by Gasteiger charge is -2.10. The molecule has 4 heterocycles. The number of fused-ring (bicyclic) bond motifs is 5. The summed E-state index contributed by atoms with van der Waals surface area (Å²) in [5, 5.41) is 4.48. The van der Waals surface area contributed by atoms with Gasteiger partial charge in [-0.2, -0.15) is 0 Å². The molecule has 4 aromatic heterocycles. The van der Waals surface area contributed by atoms with Crippen molar-refractivity contribution in [3.05, 3.63) is 188 Å². The summed E-state index contributed by atoms with van der Waals surface area (Å²) < 4.78 is 6.86. The summed E-state index contributed by atoms with van der Waals surface area (Å²) in [6.45, 7) is 0. The van der Waals surface area contributed by atoms with Crippen molar-refractivity contribution in [2.45, 2.75) is 0 Å². The van der Waals surface area contributed by atoms with E-state index in [0.717, 1.165) is 72.4 Å². The molecule has 0 aliphatic carbocycles. The number of hydrogen-bond donors (Lipinski definition) is 0. The summed E-state index contributed by atoms with van der Waals surface area (Å²) in [5.41, 5.74) is 14.1. The Morgan fingerprint density at radius 1 is 0.302 bits per heavy atom. The van der Waals surface area contributed by atoms with E-state index in [9.17, 15) is 0 Å². The molecule has 0 bridgehead atoms. The van der Waals surface area contributed by atoms with Crippen LogP contribution in [0, 0.1) is 0 Å². The smallest absolute Gasteiger partial charge is 0.143 e. The standard InChI is InChI=1S/C49H31N3O/c1-2-12-32(13-3-1)35-14-10-15-36(28-35)42-31-43-41-19-11-18-38(48(41)53-49(43)40-17-5-4-16-39(40)42)34-24-22-33(23-25-34)37-29-46(44-20-6-8-26-50-44)52-47(30-37)45-21-7-9-27-51-45/h1-31H. The second-order valence-corrected chi connectivity index (χ2v) is 13.2. The van der Waals surface area contributed by atoms with Gasteiger partial charge in [0, 0.05) is 34.1 Å². The van der Waals surface area contributed by atoms with Crippen molar-refractivity contribution >= 4 is 32.7 Å². The molecular formula is C49H31N3O.